The largest absolute Gasteiger partial charge is 0.479 e. The zero-order chi connectivity index (χ0) is 14.8. The van der Waals surface area contributed by atoms with E-state index in [9.17, 15) is 22.8 Å². The first-order valence-electron chi connectivity index (χ1n) is 4.99. The lowest BCUT2D eigenvalue weighted by atomic mass is 10.0. The van der Waals surface area contributed by atoms with Crippen molar-refractivity contribution in [2.45, 2.75) is 19.1 Å². The minimum absolute atomic E-state index is 0.209. The van der Waals surface area contributed by atoms with Gasteiger partial charge in [0.2, 0.25) is 5.91 Å². The van der Waals surface area contributed by atoms with E-state index in [0.29, 0.717) is 6.07 Å². The molecule has 0 spiro atoms. The number of halogens is 4. The van der Waals surface area contributed by atoms with Crippen molar-refractivity contribution in [3.05, 3.63) is 34.3 Å². The molecule has 0 aromatic heterocycles. The van der Waals surface area contributed by atoms with Crippen LogP contribution in [0.15, 0.2) is 18.2 Å². The van der Waals surface area contributed by atoms with Gasteiger partial charge in [0, 0.05) is 6.92 Å². The van der Waals surface area contributed by atoms with E-state index in [1.54, 1.807) is 0 Å². The molecule has 0 aliphatic rings. The number of hydrogen-bond donors (Lipinski definition) is 2. The van der Waals surface area contributed by atoms with Crippen LogP contribution in [0.5, 0.6) is 0 Å². The molecule has 4 nitrogen and oxygen atoms in total. The van der Waals surface area contributed by atoms with E-state index in [1.807, 2.05) is 5.32 Å². The van der Waals surface area contributed by atoms with Crippen molar-refractivity contribution in [1.29, 1.82) is 0 Å². The maximum Gasteiger partial charge on any atom is 0.417 e. The third-order valence-corrected chi connectivity index (χ3v) is 2.55. The molecule has 1 aromatic carbocycles. The van der Waals surface area contributed by atoms with Crippen LogP contribution in [0, 0.1) is 0 Å². The average Bonchev–Trinajstić information content (AvgIpc) is 2.24. The molecule has 1 atom stereocenters. The second-order valence-corrected chi connectivity index (χ2v) is 4.12. The lowest BCUT2D eigenvalue weighted by Crippen LogP contribution is -2.32. The molecule has 0 aliphatic carbocycles. The van der Waals surface area contributed by atoms with E-state index in [-0.39, 0.29) is 5.56 Å². The highest BCUT2D eigenvalue weighted by atomic mass is 35.5. The van der Waals surface area contributed by atoms with Crippen LogP contribution >= 0.6 is 11.6 Å². The van der Waals surface area contributed by atoms with Crippen LogP contribution in [0.2, 0.25) is 5.02 Å². The Bertz CT molecular complexity index is 516. The lowest BCUT2D eigenvalue weighted by molar-refractivity contribution is -0.142. The predicted molar refractivity (Wildman–Crippen MR) is 60.6 cm³/mol. The SMILES string of the molecule is CC(=O)NC(C(=O)O)c1ccc(Cl)c(C(F)(F)F)c1. The van der Waals surface area contributed by atoms with Crippen molar-refractivity contribution in [3.8, 4) is 0 Å². The summed E-state index contributed by atoms with van der Waals surface area (Å²) in [6.07, 6.45) is -4.70. The van der Waals surface area contributed by atoms with Crippen molar-refractivity contribution >= 4 is 23.5 Å². The number of hydrogen-bond acceptors (Lipinski definition) is 2. The molecule has 2 N–H and O–H groups in total. The van der Waals surface area contributed by atoms with Gasteiger partial charge in [-0.3, -0.25) is 4.79 Å². The third kappa shape index (κ3) is 3.85. The van der Waals surface area contributed by atoms with E-state index < -0.39 is 34.7 Å². The molecule has 1 rings (SSSR count). The Balaban J connectivity index is 3.26. The number of aliphatic carboxylic acids is 1. The Hall–Kier alpha value is -1.76. The molecule has 1 aromatic rings. The van der Waals surface area contributed by atoms with Crippen molar-refractivity contribution in [3.63, 3.8) is 0 Å². The van der Waals surface area contributed by atoms with Gasteiger partial charge in [-0.2, -0.15) is 13.2 Å². The standard InChI is InChI=1S/C11H9ClF3NO3/c1-5(17)16-9(10(18)19)6-2-3-8(12)7(4-6)11(13,14)15/h2-4,9H,1H3,(H,16,17)(H,18,19). The third-order valence-electron chi connectivity index (χ3n) is 2.22. The average molecular weight is 296 g/mol. The summed E-state index contributed by atoms with van der Waals surface area (Å²) >= 11 is 5.42. The number of alkyl halides is 3. The van der Waals surface area contributed by atoms with Crippen LogP contribution in [-0.2, 0) is 15.8 Å². The maximum atomic E-state index is 12.6. The molecule has 19 heavy (non-hydrogen) atoms. The molecule has 0 heterocycles. The molecule has 0 bridgehead atoms. The number of carboxylic acid groups (broad SMARTS) is 1. The highest BCUT2D eigenvalue weighted by Crippen LogP contribution is 2.36. The summed E-state index contributed by atoms with van der Waals surface area (Å²) in [4.78, 5) is 21.8. The van der Waals surface area contributed by atoms with Gasteiger partial charge in [0.25, 0.3) is 0 Å². The van der Waals surface area contributed by atoms with Gasteiger partial charge < -0.3 is 10.4 Å². The Labute approximate surface area is 111 Å². The highest BCUT2D eigenvalue weighted by molar-refractivity contribution is 6.31. The Kier molecular flexibility index (Phi) is 4.41. The predicted octanol–water partition coefficient (Wildman–Crippen LogP) is 2.62. The fourth-order valence-corrected chi connectivity index (χ4v) is 1.66. The van der Waals surface area contributed by atoms with Crippen molar-refractivity contribution in [2.75, 3.05) is 0 Å². The summed E-state index contributed by atoms with van der Waals surface area (Å²) in [5.74, 6) is -2.14. The molecular formula is C11H9ClF3NO3. The molecule has 0 saturated carbocycles. The van der Waals surface area contributed by atoms with Gasteiger partial charge in [0.1, 0.15) is 0 Å². The summed E-state index contributed by atoms with van der Waals surface area (Å²) in [6.45, 7) is 1.07. The molecule has 1 amide bonds. The van der Waals surface area contributed by atoms with Gasteiger partial charge in [0.15, 0.2) is 6.04 Å². The van der Waals surface area contributed by atoms with E-state index in [2.05, 4.69) is 0 Å². The first-order chi connectivity index (χ1) is 8.62. The van der Waals surface area contributed by atoms with Crippen molar-refractivity contribution in [2.24, 2.45) is 0 Å². The van der Waals surface area contributed by atoms with Gasteiger partial charge in [-0.05, 0) is 17.7 Å². The summed E-state index contributed by atoms with van der Waals surface area (Å²) < 4.78 is 37.9. The molecule has 8 heteroatoms. The van der Waals surface area contributed by atoms with E-state index in [0.717, 1.165) is 19.1 Å². The molecule has 0 radical (unpaired) electrons. The molecule has 0 saturated heterocycles. The van der Waals surface area contributed by atoms with Gasteiger partial charge >= 0.3 is 12.1 Å². The van der Waals surface area contributed by atoms with Gasteiger partial charge in [0.05, 0.1) is 10.6 Å². The van der Waals surface area contributed by atoms with Crippen LogP contribution in [0.4, 0.5) is 13.2 Å². The Morgan fingerprint density at radius 1 is 1.37 bits per heavy atom. The summed E-state index contributed by atoms with van der Waals surface area (Å²) in [6, 6.07) is 1.11. The molecular weight excluding hydrogens is 287 g/mol. The van der Waals surface area contributed by atoms with E-state index >= 15 is 0 Å². The topological polar surface area (TPSA) is 66.4 Å². The van der Waals surface area contributed by atoms with E-state index in [4.69, 9.17) is 16.7 Å². The van der Waals surface area contributed by atoms with Crippen molar-refractivity contribution in [1.82, 2.24) is 5.32 Å². The van der Waals surface area contributed by atoms with Crippen LogP contribution in [0.1, 0.15) is 24.1 Å². The highest BCUT2D eigenvalue weighted by Gasteiger charge is 2.34. The monoisotopic (exact) mass is 295 g/mol. The molecule has 0 fully saturated rings. The fraction of sp³-hybridized carbons (Fsp3) is 0.273. The van der Waals surface area contributed by atoms with E-state index in [1.165, 1.54) is 0 Å². The second-order valence-electron chi connectivity index (χ2n) is 3.71. The van der Waals surface area contributed by atoms with Gasteiger partial charge in [-0.25, -0.2) is 4.79 Å². The number of amides is 1. The van der Waals surface area contributed by atoms with Crippen LogP contribution in [0.3, 0.4) is 0 Å². The minimum Gasteiger partial charge on any atom is -0.479 e. The van der Waals surface area contributed by atoms with Crippen LogP contribution in [-0.4, -0.2) is 17.0 Å². The van der Waals surface area contributed by atoms with Gasteiger partial charge in [-0.1, -0.05) is 17.7 Å². The second kappa shape index (κ2) is 5.48. The maximum absolute atomic E-state index is 12.6. The van der Waals surface area contributed by atoms with Crippen LogP contribution in [0.25, 0.3) is 0 Å². The summed E-state index contributed by atoms with van der Waals surface area (Å²) in [5.41, 5.74) is -1.36. The summed E-state index contributed by atoms with van der Waals surface area (Å²) in [5, 5.41) is 10.4. The van der Waals surface area contributed by atoms with Gasteiger partial charge in [-0.15, -0.1) is 0 Å². The number of carbonyl (C=O) groups is 2. The quantitative estimate of drug-likeness (QED) is 0.901. The molecule has 1 unspecified atom stereocenters. The normalized spacial score (nSPS) is 12.9. The summed E-state index contributed by atoms with van der Waals surface area (Å²) in [7, 11) is 0. The molecule has 104 valence electrons. The lowest BCUT2D eigenvalue weighted by Gasteiger charge is -2.16. The van der Waals surface area contributed by atoms with Crippen LogP contribution < -0.4 is 5.32 Å². The number of benzene rings is 1. The minimum atomic E-state index is -4.70. The molecule has 0 aliphatic heterocycles. The number of nitrogens with one attached hydrogen (secondary N) is 1. The fourth-order valence-electron chi connectivity index (χ4n) is 1.43. The number of rotatable bonds is 3. The zero-order valence-corrected chi connectivity index (χ0v) is 10.3. The number of carboxylic acids is 1. The Morgan fingerprint density at radius 3 is 2.37 bits per heavy atom. The van der Waals surface area contributed by atoms with Crippen molar-refractivity contribution < 1.29 is 27.9 Å². The first kappa shape index (κ1) is 15.3. The first-order valence-corrected chi connectivity index (χ1v) is 5.37. The number of carbonyl (C=O) groups excluding carboxylic acids is 1. The Morgan fingerprint density at radius 2 is 1.95 bits per heavy atom. The smallest absolute Gasteiger partial charge is 0.417 e. The zero-order valence-electron chi connectivity index (χ0n) is 9.58.